The number of carbonyl (C=O) groups is 1. The molecule has 1 N–H and O–H groups in total. The highest BCUT2D eigenvalue weighted by Gasteiger charge is 2.29. The monoisotopic (exact) mass is 444 g/mol. The van der Waals surface area contributed by atoms with Crippen LogP contribution in [-0.2, 0) is 9.84 Å². The molecule has 4 rings (SSSR count). The van der Waals surface area contributed by atoms with Crippen molar-refractivity contribution in [3.05, 3.63) is 64.5 Å². The molecule has 1 aromatic heterocycles. The number of sulfone groups is 1. The third-order valence-corrected chi connectivity index (χ3v) is 8.75. The third-order valence-electron chi connectivity index (χ3n) is 4.65. The highest BCUT2D eigenvalue weighted by Crippen LogP contribution is 2.33. The maximum Gasteiger partial charge on any atom is 0.256 e. The average molecular weight is 445 g/mol. The van der Waals surface area contributed by atoms with Gasteiger partial charge in [0.25, 0.3) is 5.91 Å². The SMILES string of the molecule is Cc1nc(-c2cccc(NC(=O)c3ccccc3S[C@@H]3CCS(=O)(=O)C3)c2)cs1. The van der Waals surface area contributed by atoms with Crippen molar-refractivity contribution in [2.75, 3.05) is 16.8 Å². The fourth-order valence-electron chi connectivity index (χ4n) is 3.24. The molecule has 0 spiro atoms. The lowest BCUT2D eigenvalue weighted by molar-refractivity contribution is 0.102. The Morgan fingerprint density at radius 1 is 1.21 bits per heavy atom. The minimum absolute atomic E-state index is 0.00909. The molecular weight excluding hydrogens is 424 g/mol. The van der Waals surface area contributed by atoms with Crippen molar-refractivity contribution in [3.8, 4) is 11.3 Å². The Morgan fingerprint density at radius 3 is 2.76 bits per heavy atom. The second-order valence-corrected chi connectivity index (χ2v) is 11.6. The van der Waals surface area contributed by atoms with Crippen molar-refractivity contribution in [2.24, 2.45) is 0 Å². The summed E-state index contributed by atoms with van der Waals surface area (Å²) in [6, 6.07) is 14.9. The first-order chi connectivity index (χ1) is 13.9. The minimum atomic E-state index is -2.95. The van der Waals surface area contributed by atoms with Crippen LogP contribution in [0.15, 0.2) is 58.8 Å². The summed E-state index contributed by atoms with van der Waals surface area (Å²) in [4.78, 5) is 18.2. The number of benzene rings is 2. The topological polar surface area (TPSA) is 76.1 Å². The third kappa shape index (κ3) is 4.88. The number of nitrogens with zero attached hydrogens (tertiary/aromatic N) is 1. The Bertz CT molecular complexity index is 1160. The van der Waals surface area contributed by atoms with Gasteiger partial charge in [0.15, 0.2) is 9.84 Å². The molecule has 1 saturated heterocycles. The molecule has 1 aliphatic heterocycles. The number of anilines is 1. The maximum atomic E-state index is 12.9. The van der Waals surface area contributed by atoms with Crippen LogP contribution in [0.25, 0.3) is 11.3 Å². The zero-order valence-electron chi connectivity index (χ0n) is 15.8. The normalized spacial score (nSPS) is 17.9. The molecule has 150 valence electrons. The predicted molar refractivity (Wildman–Crippen MR) is 120 cm³/mol. The van der Waals surface area contributed by atoms with Gasteiger partial charge in [-0.3, -0.25) is 4.79 Å². The van der Waals surface area contributed by atoms with Crippen LogP contribution in [0.1, 0.15) is 21.8 Å². The van der Waals surface area contributed by atoms with E-state index in [9.17, 15) is 13.2 Å². The van der Waals surface area contributed by atoms with Crippen LogP contribution < -0.4 is 5.32 Å². The number of thiazole rings is 1. The number of thioether (sulfide) groups is 1. The van der Waals surface area contributed by atoms with Crippen LogP contribution in [0.2, 0.25) is 0 Å². The lowest BCUT2D eigenvalue weighted by atomic mass is 10.1. The van der Waals surface area contributed by atoms with Crippen LogP contribution in [0, 0.1) is 6.92 Å². The van der Waals surface area contributed by atoms with Crippen LogP contribution in [0.3, 0.4) is 0 Å². The summed E-state index contributed by atoms with van der Waals surface area (Å²) in [6.07, 6.45) is 0.623. The minimum Gasteiger partial charge on any atom is -0.322 e. The first-order valence-corrected chi connectivity index (χ1v) is 12.8. The second-order valence-electron chi connectivity index (χ2n) is 6.93. The molecule has 0 bridgehead atoms. The molecule has 8 heteroatoms. The molecular formula is C21H20N2O3S3. The summed E-state index contributed by atoms with van der Waals surface area (Å²) in [5, 5.41) is 5.95. The van der Waals surface area contributed by atoms with Crippen molar-refractivity contribution in [1.29, 1.82) is 0 Å². The van der Waals surface area contributed by atoms with Gasteiger partial charge in [0.2, 0.25) is 0 Å². The van der Waals surface area contributed by atoms with E-state index in [0.717, 1.165) is 21.2 Å². The highest BCUT2D eigenvalue weighted by atomic mass is 32.2. The zero-order valence-corrected chi connectivity index (χ0v) is 18.2. The molecule has 1 amide bonds. The van der Waals surface area contributed by atoms with E-state index in [0.29, 0.717) is 17.7 Å². The van der Waals surface area contributed by atoms with Crippen LogP contribution >= 0.6 is 23.1 Å². The number of nitrogens with one attached hydrogen (secondary N) is 1. The van der Waals surface area contributed by atoms with Gasteiger partial charge < -0.3 is 5.32 Å². The Balaban J connectivity index is 1.52. The van der Waals surface area contributed by atoms with Crippen molar-refractivity contribution in [1.82, 2.24) is 4.98 Å². The van der Waals surface area contributed by atoms with Crippen LogP contribution in [0.4, 0.5) is 5.69 Å². The smallest absolute Gasteiger partial charge is 0.256 e. The molecule has 5 nitrogen and oxygen atoms in total. The zero-order chi connectivity index (χ0) is 20.4. The van der Waals surface area contributed by atoms with Gasteiger partial charge in [-0.05, 0) is 37.6 Å². The summed E-state index contributed by atoms with van der Waals surface area (Å²) >= 11 is 3.06. The van der Waals surface area contributed by atoms with Gasteiger partial charge in [-0.1, -0.05) is 24.3 Å². The van der Waals surface area contributed by atoms with Gasteiger partial charge in [-0.15, -0.1) is 23.1 Å². The molecule has 0 radical (unpaired) electrons. The van der Waals surface area contributed by atoms with Crippen LogP contribution in [0.5, 0.6) is 0 Å². The van der Waals surface area contributed by atoms with Gasteiger partial charge in [-0.25, -0.2) is 13.4 Å². The molecule has 0 unspecified atom stereocenters. The fraction of sp³-hybridized carbons (Fsp3) is 0.238. The van der Waals surface area contributed by atoms with Gasteiger partial charge in [0.05, 0.1) is 27.8 Å². The Labute approximate surface area is 178 Å². The number of aromatic nitrogens is 1. The Kier molecular flexibility index (Phi) is 5.76. The van der Waals surface area contributed by atoms with E-state index in [1.807, 2.05) is 54.8 Å². The Hall–Kier alpha value is -2.16. The number of amides is 1. The average Bonchev–Trinajstić information content (AvgIpc) is 3.27. The number of carbonyl (C=O) groups excluding carboxylic acids is 1. The fourth-order valence-corrected chi connectivity index (χ4v) is 7.49. The lowest BCUT2D eigenvalue weighted by Gasteiger charge is -2.13. The summed E-state index contributed by atoms with van der Waals surface area (Å²) < 4.78 is 23.5. The molecule has 29 heavy (non-hydrogen) atoms. The van der Waals surface area contributed by atoms with Crippen molar-refractivity contribution in [2.45, 2.75) is 23.5 Å². The van der Waals surface area contributed by atoms with Crippen molar-refractivity contribution >= 4 is 44.5 Å². The van der Waals surface area contributed by atoms with Crippen molar-refractivity contribution in [3.63, 3.8) is 0 Å². The van der Waals surface area contributed by atoms with Gasteiger partial charge >= 0.3 is 0 Å². The first-order valence-electron chi connectivity index (χ1n) is 9.20. The summed E-state index contributed by atoms with van der Waals surface area (Å²) in [5.74, 6) is 0.186. The number of hydrogen-bond donors (Lipinski definition) is 1. The summed E-state index contributed by atoms with van der Waals surface area (Å²) in [6.45, 7) is 1.96. The van der Waals surface area contributed by atoms with E-state index in [4.69, 9.17) is 0 Å². The first kappa shape index (κ1) is 20.1. The van der Waals surface area contributed by atoms with E-state index in [1.165, 1.54) is 11.8 Å². The van der Waals surface area contributed by atoms with Gasteiger partial charge in [0.1, 0.15) is 0 Å². The summed E-state index contributed by atoms with van der Waals surface area (Å²) in [7, 11) is -2.95. The lowest BCUT2D eigenvalue weighted by Crippen LogP contribution is -2.14. The quantitative estimate of drug-likeness (QED) is 0.620. The van der Waals surface area contributed by atoms with E-state index >= 15 is 0 Å². The molecule has 0 aliphatic carbocycles. The highest BCUT2D eigenvalue weighted by molar-refractivity contribution is 8.02. The standard InChI is InChI=1S/C21H20N2O3S3/c1-14-22-19(12-27-14)15-5-4-6-16(11-15)23-21(24)18-7-2-3-8-20(18)28-17-9-10-29(25,26)13-17/h2-8,11-12,17H,9-10,13H2,1H3,(H,23,24)/t17-/m1/s1. The number of rotatable bonds is 5. The molecule has 2 heterocycles. The van der Waals surface area contributed by atoms with Crippen LogP contribution in [-0.4, -0.2) is 36.1 Å². The van der Waals surface area contributed by atoms with E-state index in [2.05, 4.69) is 10.3 Å². The van der Waals surface area contributed by atoms with Gasteiger partial charge in [0, 0.05) is 26.8 Å². The molecule has 1 atom stereocenters. The van der Waals surface area contributed by atoms with E-state index < -0.39 is 9.84 Å². The van der Waals surface area contributed by atoms with E-state index in [-0.39, 0.29) is 22.7 Å². The van der Waals surface area contributed by atoms with Gasteiger partial charge in [-0.2, -0.15) is 0 Å². The second kappa shape index (κ2) is 8.30. The number of hydrogen-bond acceptors (Lipinski definition) is 6. The predicted octanol–water partition coefficient (Wildman–Crippen LogP) is 4.65. The van der Waals surface area contributed by atoms with E-state index in [1.54, 1.807) is 17.4 Å². The van der Waals surface area contributed by atoms with Crippen molar-refractivity contribution < 1.29 is 13.2 Å². The summed E-state index contributed by atoms with van der Waals surface area (Å²) in [5.41, 5.74) is 3.09. The Morgan fingerprint density at radius 2 is 2.03 bits per heavy atom. The molecule has 1 fully saturated rings. The molecule has 3 aromatic rings. The number of aryl methyl sites for hydroxylation is 1. The molecule has 2 aromatic carbocycles. The maximum absolute atomic E-state index is 12.9. The molecule has 0 saturated carbocycles. The largest absolute Gasteiger partial charge is 0.322 e. The molecule has 1 aliphatic rings.